The third-order valence-corrected chi connectivity index (χ3v) is 8.89. The van der Waals surface area contributed by atoms with E-state index in [1.807, 2.05) is 18.2 Å². The molecule has 3 aromatic rings. The van der Waals surface area contributed by atoms with E-state index in [1.54, 1.807) is 24.3 Å². The van der Waals surface area contributed by atoms with Gasteiger partial charge in [-0.3, -0.25) is 9.10 Å². The lowest BCUT2D eigenvalue weighted by Gasteiger charge is -2.27. The summed E-state index contributed by atoms with van der Waals surface area (Å²) in [6.07, 6.45) is 0.995. The second-order valence-electron chi connectivity index (χ2n) is 8.61. The van der Waals surface area contributed by atoms with Crippen LogP contribution in [-0.4, -0.2) is 73.3 Å². The number of morpholine rings is 1. The third-order valence-electron chi connectivity index (χ3n) is 5.83. The molecule has 208 valence electrons. The number of amides is 1. The van der Waals surface area contributed by atoms with Crippen LogP contribution in [0.15, 0.2) is 77.7 Å². The van der Waals surface area contributed by atoms with Crippen LogP contribution in [0.5, 0.6) is 17.2 Å². The Labute approximate surface area is 228 Å². The van der Waals surface area contributed by atoms with E-state index in [0.29, 0.717) is 11.5 Å². The summed E-state index contributed by atoms with van der Waals surface area (Å²) in [6.45, 7) is 0.410. The first-order valence-corrected chi connectivity index (χ1v) is 15.2. The molecule has 0 aromatic heterocycles. The van der Waals surface area contributed by atoms with Crippen LogP contribution in [0.2, 0.25) is 0 Å². The Bertz CT molecular complexity index is 1510. The molecule has 1 N–H and O–H groups in total. The minimum Gasteiger partial charge on any atom is -0.495 e. The fourth-order valence-electron chi connectivity index (χ4n) is 3.92. The predicted molar refractivity (Wildman–Crippen MR) is 146 cm³/mol. The van der Waals surface area contributed by atoms with Crippen molar-refractivity contribution in [2.75, 3.05) is 55.8 Å². The molecule has 0 radical (unpaired) electrons. The van der Waals surface area contributed by atoms with Gasteiger partial charge in [0.25, 0.3) is 0 Å². The molecule has 1 saturated heterocycles. The lowest BCUT2D eigenvalue weighted by Crippen LogP contribution is -2.40. The zero-order chi connectivity index (χ0) is 28.0. The number of sulfonamides is 2. The van der Waals surface area contributed by atoms with Crippen molar-refractivity contribution in [1.29, 1.82) is 0 Å². The van der Waals surface area contributed by atoms with Crippen LogP contribution in [0, 0.1) is 0 Å². The molecular weight excluding hydrogens is 546 g/mol. The van der Waals surface area contributed by atoms with Gasteiger partial charge in [-0.1, -0.05) is 18.2 Å². The summed E-state index contributed by atoms with van der Waals surface area (Å²) in [5.41, 5.74) is 0.436. The lowest BCUT2D eigenvalue weighted by molar-refractivity contribution is -0.114. The number of para-hydroxylation sites is 1. The summed E-state index contributed by atoms with van der Waals surface area (Å²) < 4.78 is 70.0. The predicted octanol–water partition coefficient (Wildman–Crippen LogP) is 2.91. The molecule has 4 rings (SSSR count). The van der Waals surface area contributed by atoms with Crippen LogP contribution in [0.3, 0.4) is 0 Å². The minimum absolute atomic E-state index is 0.112. The first-order chi connectivity index (χ1) is 18.6. The van der Waals surface area contributed by atoms with Gasteiger partial charge in [-0.05, 0) is 54.6 Å². The standard InChI is InChI=1S/C26H29N3O8S2/c1-35-24-13-8-20(18-25(24)39(33,34)28-14-16-36-17-15-28)27-26(30)19-29(38(2,31)32)21-9-11-23(12-10-21)37-22-6-4-3-5-7-22/h3-13,18H,14-17,19H2,1-2H3,(H,27,30). The molecule has 0 saturated carbocycles. The average molecular weight is 576 g/mol. The molecule has 0 aliphatic carbocycles. The molecule has 0 bridgehead atoms. The fourth-order valence-corrected chi connectivity index (χ4v) is 6.36. The average Bonchev–Trinajstić information content (AvgIpc) is 2.93. The maximum Gasteiger partial charge on any atom is 0.246 e. The third kappa shape index (κ3) is 7.06. The van der Waals surface area contributed by atoms with Crippen molar-refractivity contribution in [2.24, 2.45) is 0 Å². The Hall–Kier alpha value is -3.65. The van der Waals surface area contributed by atoms with Gasteiger partial charge >= 0.3 is 0 Å². The number of hydrogen-bond acceptors (Lipinski definition) is 8. The first kappa shape index (κ1) is 28.4. The first-order valence-electron chi connectivity index (χ1n) is 11.9. The van der Waals surface area contributed by atoms with E-state index in [1.165, 1.54) is 41.7 Å². The molecule has 0 atom stereocenters. The van der Waals surface area contributed by atoms with Gasteiger partial charge in [0, 0.05) is 18.8 Å². The molecule has 1 heterocycles. The molecule has 0 spiro atoms. The highest BCUT2D eigenvalue weighted by atomic mass is 32.2. The van der Waals surface area contributed by atoms with E-state index in [2.05, 4.69) is 5.32 Å². The van der Waals surface area contributed by atoms with Gasteiger partial charge in [-0.25, -0.2) is 16.8 Å². The van der Waals surface area contributed by atoms with Gasteiger partial charge in [-0.15, -0.1) is 0 Å². The van der Waals surface area contributed by atoms with E-state index >= 15 is 0 Å². The molecular formula is C26H29N3O8S2. The number of nitrogens with zero attached hydrogens (tertiary/aromatic N) is 2. The summed E-state index contributed by atoms with van der Waals surface area (Å²) in [5, 5.41) is 2.59. The Kier molecular flexibility index (Phi) is 8.75. The number of benzene rings is 3. The Morgan fingerprint density at radius 3 is 2.21 bits per heavy atom. The van der Waals surface area contributed by atoms with Gasteiger partial charge in [-0.2, -0.15) is 4.31 Å². The topological polar surface area (TPSA) is 132 Å². The number of nitrogens with one attached hydrogen (secondary N) is 1. The van der Waals surface area contributed by atoms with Crippen LogP contribution in [0.25, 0.3) is 0 Å². The summed E-state index contributed by atoms with van der Waals surface area (Å²) in [5.74, 6) is 0.578. The van der Waals surface area contributed by atoms with Crippen molar-refractivity contribution < 1.29 is 35.8 Å². The number of carbonyl (C=O) groups excluding carboxylic acids is 1. The SMILES string of the molecule is COc1ccc(NC(=O)CN(c2ccc(Oc3ccccc3)cc2)S(C)(=O)=O)cc1S(=O)(=O)N1CCOCC1. The zero-order valence-electron chi connectivity index (χ0n) is 21.4. The summed E-state index contributed by atoms with van der Waals surface area (Å²) in [4.78, 5) is 12.8. The number of carbonyl (C=O) groups is 1. The van der Waals surface area contributed by atoms with Crippen LogP contribution in [-0.2, 0) is 29.6 Å². The second kappa shape index (κ2) is 12.0. The highest BCUT2D eigenvalue weighted by Crippen LogP contribution is 2.30. The highest BCUT2D eigenvalue weighted by Gasteiger charge is 2.30. The van der Waals surface area contributed by atoms with Gasteiger partial charge in [0.2, 0.25) is 26.0 Å². The van der Waals surface area contributed by atoms with Crippen LogP contribution >= 0.6 is 0 Å². The van der Waals surface area contributed by atoms with E-state index in [9.17, 15) is 21.6 Å². The van der Waals surface area contributed by atoms with Crippen molar-refractivity contribution in [3.63, 3.8) is 0 Å². The molecule has 0 unspecified atom stereocenters. The largest absolute Gasteiger partial charge is 0.495 e. The number of ether oxygens (including phenoxy) is 3. The van der Waals surface area contributed by atoms with Gasteiger partial charge in [0.1, 0.15) is 28.7 Å². The van der Waals surface area contributed by atoms with Gasteiger partial charge in [0.05, 0.1) is 32.3 Å². The molecule has 3 aromatic carbocycles. The van der Waals surface area contributed by atoms with Crippen LogP contribution in [0.1, 0.15) is 0 Å². The fraction of sp³-hybridized carbons (Fsp3) is 0.269. The van der Waals surface area contributed by atoms with Crippen molar-refractivity contribution in [3.8, 4) is 17.2 Å². The van der Waals surface area contributed by atoms with Crippen LogP contribution < -0.4 is 19.1 Å². The summed E-state index contributed by atoms with van der Waals surface area (Å²) in [6, 6.07) is 19.6. The van der Waals surface area contributed by atoms with E-state index in [-0.39, 0.29) is 48.3 Å². The molecule has 13 heteroatoms. The summed E-state index contributed by atoms with van der Waals surface area (Å²) >= 11 is 0. The maximum atomic E-state index is 13.2. The summed E-state index contributed by atoms with van der Waals surface area (Å²) in [7, 11) is -6.40. The molecule has 1 aliphatic rings. The van der Waals surface area contributed by atoms with E-state index < -0.39 is 32.5 Å². The number of hydrogen-bond donors (Lipinski definition) is 1. The van der Waals surface area contributed by atoms with Gasteiger partial charge < -0.3 is 19.5 Å². The van der Waals surface area contributed by atoms with Crippen molar-refractivity contribution in [2.45, 2.75) is 4.90 Å². The monoisotopic (exact) mass is 575 g/mol. The molecule has 39 heavy (non-hydrogen) atoms. The molecule has 1 amide bonds. The Morgan fingerprint density at radius 1 is 0.949 bits per heavy atom. The van der Waals surface area contributed by atoms with E-state index in [0.717, 1.165) is 10.6 Å². The van der Waals surface area contributed by atoms with Crippen molar-refractivity contribution in [3.05, 3.63) is 72.8 Å². The number of methoxy groups -OCH3 is 1. The number of anilines is 2. The molecule has 1 fully saturated rings. The Morgan fingerprint density at radius 2 is 1.59 bits per heavy atom. The van der Waals surface area contributed by atoms with Crippen LogP contribution in [0.4, 0.5) is 11.4 Å². The smallest absolute Gasteiger partial charge is 0.246 e. The molecule has 1 aliphatic heterocycles. The van der Waals surface area contributed by atoms with Gasteiger partial charge in [0.15, 0.2) is 0 Å². The maximum absolute atomic E-state index is 13.2. The minimum atomic E-state index is -3.92. The normalized spacial score (nSPS) is 14.4. The lowest BCUT2D eigenvalue weighted by atomic mass is 10.3. The number of rotatable bonds is 10. The van der Waals surface area contributed by atoms with Crippen molar-refractivity contribution in [1.82, 2.24) is 4.31 Å². The van der Waals surface area contributed by atoms with E-state index in [4.69, 9.17) is 14.2 Å². The highest BCUT2D eigenvalue weighted by molar-refractivity contribution is 7.92. The van der Waals surface area contributed by atoms with Crippen molar-refractivity contribution >= 4 is 37.3 Å². The Balaban J connectivity index is 1.51. The second-order valence-corrected chi connectivity index (χ2v) is 12.4. The zero-order valence-corrected chi connectivity index (χ0v) is 23.1. The molecule has 11 nitrogen and oxygen atoms in total. The quantitative estimate of drug-likeness (QED) is 0.391.